The van der Waals surface area contributed by atoms with Gasteiger partial charge in [0.25, 0.3) is 0 Å². The minimum absolute atomic E-state index is 0.0365. The first-order chi connectivity index (χ1) is 9.39. The van der Waals surface area contributed by atoms with Crippen LogP contribution in [0.5, 0.6) is 5.75 Å². The van der Waals surface area contributed by atoms with Gasteiger partial charge in [-0.1, -0.05) is 0 Å². The third kappa shape index (κ3) is 4.83. The van der Waals surface area contributed by atoms with Crippen LogP contribution in [0.15, 0.2) is 18.2 Å². The number of nitrogen functional groups attached to an aromatic ring is 1. The molecule has 0 radical (unpaired) electrons. The smallest absolute Gasteiger partial charge is 0.124 e. The zero-order valence-corrected chi connectivity index (χ0v) is 12.7. The summed E-state index contributed by atoms with van der Waals surface area (Å²) in [7, 11) is 3.31. The van der Waals surface area contributed by atoms with Gasteiger partial charge < -0.3 is 19.9 Å². The lowest BCUT2D eigenvalue weighted by Crippen LogP contribution is -2.24. The second-order valence-corrected chi connectivity index (χ2v) is 5.21. The first kappa shape index (κ1) is 16.5. The third-order valence-corrected chi connectivity index (χ3v) is 3.25. The summed E-state index contributed by atoms with van der Waals surface area (Å²) < 4.78 is 16.3. The van der Waals surface area contributed by atoms with Gasteiger partial charge in [0, 0.05) is 24.8 Å². The van der Waals surface area contributed by atoms with Crippen molar-refractivity contribution in [3.8, 4) is 5.75 Å². The fourth-order valence-corrected chi connectivity index (χ4v) is 1.66. The highest BCUT2D eigenvalue weighted by atomic mass is 16.5. The number of hydrogen-bond acceptors (Lipinski definition) is 4. The van der Waals surface area contributed by atoms with Gasteiger partial charge in [-0.2, -0.15) is 0 Å². The van der Waals surface area contributed by atoms with Gasteiger partial charge in [-0.3, -0.25) is 5.41 Å². The Morgan fingerprint density at radius 2 is 2.00 bits per heavy atom. The largest absolute Gasteiger partial charge is 0.496 e. The number of methoxy groups -OCH3 is 2. The predicted molar refractivity (Wildman–Crippen MR) is 79.4 cm³/mol. The van der Waals surface area contributed by atoms with Crippen molar-refractivity contribution in [1.82, 2.24) is 0 Å². The van der Waals surface area contributed by atoms with Crippen molar-refractivity contribution in [3.63, 3.8) is 0 Å². The normalized spacial score (nSPS) is 11.4. The van der Waals surface area contributed by atoms with E-state index in [1.807, 2.05) is 19.9 Å². The molecule has 20 heavy (non-hydrogen) atoms. The molecule has 0 fully saturated rings. The summed E-state index contributed by atoms with van der Waals surface area (Å²) in [4.78, 5) is 0. The molecule has 5 heteroatoms. The van der Waals surface area contributed by atoms with E-state index in [1.54, 1.807) is 26.4 Å². The highest BCUT2D eigenvalue weighted by molar-refractivity contribution is 5.95. The van der Waals surface area contributed by atoms with E-state index < -0.39 is 0 Å². The molecule has 3 N–H and O–H groups in total. The molecule has 0 aromatic heterocycles. The molecule has 0 unspecified atom stereocenters. The maximum atomic E-state index is 7.46. The van der Waals surface area contributed by atoms with Crippen molar-refractivity contribution in [3.05, 3.63) is 29.3 Å². The van der Waals surface area contributed by atoms with Gasteiger partial charge in [0.1, 0.15) is 11.6 Å². The van der Waals surface area contributed by atoms with Crippen LogP contribution >= 0.6 is 0 Å². The van der Waals surface area contributed by atoms with Crippen LogP contribution in [-0.2, 0) is 16.1 Å². The van der Waals surface area contributed by atoms with E-state index in [0.29, 0.717) is 18.8 Å². The number of benzene rings is 1. The van der Waals surface area contributed by atoms with Crippen LogP contribution in [0.3, 0.4) is 0 Å². The Morgan fingerprint density at radius 3 is 2.55 bits per heavy atom. The topological polar surface area (TPSA) is 77.6 Å². The molecule has 0 saturated carbocycles. The standard InChI is InChI=1S/C15H24N2O3/c1-15(2,19-4)7-8-20-10-12-9-11(14(16)17)5-6-13(12)18-3/h5-6,9H,7-8,10H2,1-4H3,(H3,16,17). The Bertz CT molecular complexity index is 458. The lowest BCUT2D eigenvalue weighted by Gasteiger charge is -2.22. The maximum Gasteiger partial charge on any atom is 0.124 e. The van der Waals surface area contributed by atoms with Crippen molar-refractivity contribution >= 4 is 5.84 Å². The van der Waals surface area contributed by atoms with E-state index in [1.165, 1.54) is 0 Å². The van der Waals surface area contributed by atoms with E-state index in [9.17, 15) is 0 Å². The van der Waals surface area contributed by atoms with Crippen molar-refractivity contribution in [2.45, 2.75) is 32.5 Å². The molecule has 0 atom stereocenters. The van der Waals surface area contributed by atoms with Crippen LogP contribution in [0.2, 0.25) is 0 Å². The average Bonchev–Trinajstić information content (AvgIpc) is 2.43. The fraction of sp³-hybridized carbons (Fsp3) is 0.533. The van der Waals surface area contributed by atoms with Crippen LogP contribution in [-0.4, -0.2) is 32.3 Å². The Balaban J connectivity index is 2.62. The number of rotatable bonds is 8. The van der Waals surface area contributed by atoms with Gasteiger partial charge in [0.2, 0.25) is 0 Å². The summed E-state index contributed by atoms with van der Waals surface area (Å²) in [6.45, 7) is 5.05. The molecule has 1 rings (SSSR count). The van der Waals surface area contributed by atoms with Crippen molar-refractivity contribution in [2.24, 2.45) is 5.73 Å². The second-order valence-electron chi connectivity index (χ2n) is 5.21. The molecule has 0 aliphatic carbocycles. The molecular weight excluding hydrogens is 256 g/mol. The van der Waals surface area contributed by atoms with Gasteiger partial charge >= 0.3 is 0 Å². The Kier molecular flexibility index (Phi) is 5.98. The molecule has 1 aromatic carbocycles. The molecule has 0 aliphatic rings. The number of hydrogen-bond donors (Lipinski definition) is 2. The third-order valence-electron chi connectivity index (χ3n) is 3.25. The molecule has 0 amide bonds. The van der Waals surface area contributed by atoms with Crippen LogP contribution in [0, 0.1) is 5.41 Å². The van der Waals surface area contributed by atoms with Crippen molar-refractivity contribution in [1.29, 1.82) is 5.41 Å². The lowest BCUT2D eigenvalue weighted by atomic mass is 10.1. The SMILES string of the molecule is COc1ccc(C(=N)N)cc1COCCC(C)(C)OC. The van der Waals surface area contributed by atoms with Gasteiger partial charge in [0.05, 0.1) is 19.3 Å². The van der Waals surface area contributed by atoms with Gasteiger partial charge in [0.15, 0.2) is 0 Å². The summed E-state index contributed by atoms with van der Waals surface area (Å²) in [5, 5.41) is 7.46. The first-order valence-corrected chi connectivity index (χ1v) is 6.54. The van der Waals surface area contributed by atoms with Crippen LogP contribution < -0.4 is 10.5 Å². The van der Waals surface area contributed by atoms with Crippen LogP contribution in [0.25, 0.3) is 0 Å². The molecule has 5 nitrogen and oxygen atoms in total. The molecule has 0 aliphatic heterocycles. The summed E-state index contributed by atoms with van der Waals surface area (Å²) >= 11 is 0. The van der Waals surface area contributed by atoms with Gasteiger partial charge in [-0.15, -0.1) is 0 Å². The van der Waals surface area contributed by atoms with Gasteiger partial charge in [-0.05, 0) is 38.5 Å². The minimum atomic E-state index is -0.189. The number of nitrogens with one attached hydrogen (secondary N) is 1. The van der Waals surface area contributed by atoms with E-state index >= 15 is 0 Å². The lowest BCUT2D eigenvalue weighted by molar-refractivity contribution is -0.0126. The Labute approximate surface area is 120 Å². The Morgan fingerprint density at radius 1 is 1.30 bits per heavy atom. The van der Waals surface area contributed by atoms with E-state index in [0.717, 1.165) is 17.7 Å². The average molecular weight is 280 g/mol. The first-order valence-electron chi connectivity index (χ1n) is 6.54. The zero-order valence-electron chi connectivity index (χ0n) is 12.7. The predicted octanol–water partition coefficient (Wildman–Crippen LogP) is 2.31. The van der Waals surface area contributed by atoms with Gasteiger partial charge in [-0.25, -0.2) is 0 Å². The summed E-state index contributed by atoms with van der Waals surface area (Å²) in [6, 6.07) is 5.38. The maximum absolute atomic E-state index is 7.46. The monoisotopic (exact) mass is 280 g/mol. The number of ether oxygens (including phenoxy) is 3. The molecule has 0 saturated heterocycles. The molecule has 112 valence electrons. The second kappa shape index (κ2) is 7.26. The minimum Gasteiger partial charge on any atom is -0.496 e. The van der Waals surface area contributed by atoms with Crippen LogP contribution in [0.1, 0.15) is 31.4 Å². The summed E-state index contributed by atoms with van der Waals surface area (Å²) in [5.74, 6) is 0.774. The van der Waals surface area contributed by atoms with Crippen molar-refractivity contribution in [2.75, 3.05) is 20.8 Å². The zero-order chi connectivity index (χ0) is 15.2. The molecule has 0 spiro atoms. The van der Waals surface area contributed by atoms with Crippen LogP contribution in [0.4, 0.5) is 0 Å². The van der Waals surface area contributed by atoms with E-state index in [-0.39, 0.29) is 11.4 Å². The summed E-state index contributed by atoms with van der Waals surface area (Å²) in [6.07, 6.45) is 0.804. The highest BCUT2D eigenvalue weighted by Crippen LogP contribution is 2.21. The fourth-order valence-electron chi connectivity index (χ4n) is 1.66. The quantitative estimate of drug-likeness (QED) is 0.435. The summed E-state index contributed by atoms with van der Waals surface area (Å²) in [5.41, 5.74) is 6.85. The number of nitrogens with two attached hydrogens (primary N) is 1. The van der Waals surface area contributed by atoms with Crippen molar-refractivity contribution < 1.29 is 14.2 Å². The molecule has 1 aromatic rings. The van der Waals surface area contributed by atoms with E-state index in [4.69, 9.17) is 25.4 Å². The van der Waals surface area contributed by atoms with E-state index in [2.05, 4.69) is 0 Å². The molecular formula is C15H24N2O3. The Hall–Kier alpha value is -1.59. The molecule has 0 heterocycles. The molecule has 0 bridgehead atoms. The number of amidine groups is 1. The highest BCUT2D eigenvalue weighted by Gasteiger charge is 2.15.